The summed E-state index contributed by atoms with van der Waals surface area (Å²) in [5.74, 6) is -0.325. The zero-order chi connectivity index (χ0) is 29.6. The smallest absolute Gasteiger partial charge is 0.435 e. The Labute approximate surface area is 238 Å². The van der Waals surface area contributed by atoms with Crippen LogP contribution < -0.4 is 14.4 Å². The Morgan fingerprint density at radius 3 is 2.55 bits per heavy atom. The van der Waals surface area contributed by atoms with Crippen LogP contribution in [-0.4, -0.2) is 52.0 Å². The Morgan fingerprint density at radius 1 is 1.00 bits per heavy atom. The lowest BCUT2D eigenvalue weighted by Gasteiger charge is -2.28. The zero-order valence-electron chi connectivity index (χ0n) is 22.4. The van der Waals surface area contributed by atoms with Crippen LogP contribution in [0.4, 0.5) is 18.9 Å². The number of amides is 1. The molecule has 0 aliphatic carbocycles. The average molecular weight is 579 g/mol. The fourth-order valence-corrected chi connectivity index (χ4v) is 5.29. The molecule has 6 rings (SSSR count). The molecule has 0 radical (unpaired) electrons. The van der Waals surface area contributed by atoms with Crippen LogP contribution in [0.3, 0.4) is 0 Å². The number of ether oxygens (including phenoxy) is 2. The molecule has 0 spiro atoms. The molecule has 3 aromatic carbocycles. The predicted octanol–water partition coefficient (Wildman–Crippen LogP) is 5.15. The first-order valence-corrected chi connectivity index (χ1v) is 13.1. The van der Waals surface area contributed by atoms with Gasteiger partial charge in [0.15, 0.2) is 17.2 Å². The van der Waals surface area contributed by atoms with Crippen LogP contribution in [0.5, 0.6) is 11.5 Å². The van der Waals surface area contributed by atoms with Crippen LogP contribution in [0.1, 0.15) is 43.2 Å². The van der Waals surface area contributed by atoms with Gasteiger partial charge in [-0.1, -0.05) is 18.2 Å². The van der Waals surface area contributed by atoms with E-state index in [-0.39, 0.29) is 42.4 Å². The van der Waals surface area contributed by atoms with E-state index in [2.05, 4.69) is 5.10 Å². The van der Waals surface area contributed by atoms with E-state index in [1.165, 1.54) is 27.8 Å². The van der Waals surface area contributed by atoms with Crippen LogP contribution in [0.15, 0.2) is 66.7 Å². The van der Waals surface area contributed by atoms with Gasteiger partial charge in [0.2, 0.25) is 6.79 Å². The van der Waals surface area contributed by atoms with Gasteiger partial charge in [0, 0.05) is 56.0 Å². The molecular formula is C30H25F3N4O5. The van der Waals surface area contributed by atoms with Gasteiger partial charge in [0.05, 0.1) is 16.9 Å². The molecule has 0 saturated carbocycles. The summed E-state index contributed by atoms with van der Waals surface area (Å²) in [5, 5.41) is 13.3. The Hall–Kier alpha value is -4.84. The van der Waals surface area contributed by atoms with Crippen molar-refractivity contribution in [3.05, 3.63) is 100 Å². The predicted molar refractivity (Wildman–Crippen MR) is 145 cm³/mol. The summed E-state index contributed by atoms with van der Waals surface area (Å²) >= 11 is 0. The molecule has 2 aliphatic heterocycles. The maximum atomic E-state index is 14.2. The van der Waals surface area contributed by atoms with E-state index < -0.39 is 17.8 Å². The second-order valence-corrected chi connectivity index (χ2v) is 10.1. The van der Waals surface area contributed by atoms with E-state index in [0.717, 1.165) is 0 Å². The summed E-state index contributed by atoms with van der Waals surface area (Å²) in [4.78, 5) is 28.0. The number of aromatic nitrogens is 2. The lowest BCUT2D eigenvalue weighted by Crippen LogP contribution is -2.31. The number of carbonyl (C=O) groups is 2. The molecule has 1 aromatic heterocycles. The molecule has 9 nitrogen and oxygen atoms in total. The standard InChI is InChI=1S/C30H25F3N4O5/c1-35(21-8-9-25-26(14-21)42-17-41-25)28(38)19-5-3-7-22(13-19)37-24-10-11-36(16-23(24)27(34-37)30(31,32)33)15-18-4-2-6-20(12-18)29(39)40/h2-9,12-14H,10-11,15-17H2,1H3,(H,39,40). The molecule has 0 unspecified atom stereocenters. The minimum absolute atomic E-state index is 0.00700. The number of benzene rings is 3. The van der Waals surface area contributed by atoms with Crippen LogP contribution in [-0.2, 0) is 25.7 Å². The molecule has 3 heterocycles. The number of aromatic carboxylic acids is 1. The molecule has 0 fully saturated rings. The van der Waals surface area contributed by atoms with E-state index in [1.807, 2.05) is 4.90 Å². The summed E-state index contributed by atoms with van der Waals surface area (Å²) < 4.78 is 54.5. The van der Waals surface area contributed by atoms with Crippen LogP contribution >= 0.6 is 0 Å². The minimum Gasteiger partial charge on any atom is -0.478 e. The third-order valence-electron chi connectivity index (χ3n) is 7.37. The highest BCUT2D eigenvalue weighted by atomic mass is 19.4. The van der Waals surface area contributed by atoms with Gasteiger partial charge in [-0.3, -0.25) is 9.69 Å². The van der Waals surface area contributed by atoms with E-state index in [9.17, 15) is 27.9 Å². The molecule has 2 aliphatic rings. The van der Waals surface area contributed by atoms with E-state index in [1.54, 1.807) is 55.6 Å². The molecule has 0 saturated heterocycles. The molecule has 1 N–H and O–H groups in total. The number of nitrogens with zero attached hydrogens (tertiary/aromatic N) is 4. The maximum absolute atomic E-state index is 14.2. The van der Waals surface area contributed by atoms with Crippen molar-refractivity contribution in [2.45, 2.75) is 25.7 Å². The summed E-state index contributed by atoms with van der Waals surface area (Å²) in [6.07, 6.45) is -4.40. The summed E-state index contributed by atoms with van der Waals surface area (Å²) in [6, 6.07) is 17.8. The normalized spacial score (nSPS) is 14.5. The van der Waals surface area contributed by atoms with Gasteiger partial charge in [0.1, 0.15) is 0 Å². The lowest BCUT2D eigenvalue weighted by molar-refractivity contribution is -0.142. The molecule has 12 heteroatoms. The largest absolute Gasteiger partial charge is 0.478 e. The van der Waals surface area contributed by atoms with E-state index >= 15 is 0 Å². The minimum atomic E-state index is -4.69. The summed E-state index contributed by atoms with van der Waals surface area (Å²) in [7, 11) is 1.60. The Morgan fingerprint density at radius 2 is 1.76 bits per heavy atom. The number of hydrogen-bond donors (Lipinski definition) is 1. The molecule has 0 atom stereocenters. The topological polar surface area (TPSA) is 97.1 Å². The summed E-state index contributed by atoms with van der Waals surface area (Å²) in [5.41, 5.74) is 1.51. The van der Waals surface area contributed by atoms with Gasteiger partial charge in [-0.15, -0.1) is 0 Å². The lowest BCUT2D eigenvalue weighted by atomic mass is 10.0. The van der Waals surface area contributed by atoms with Crippen molar-refractivity contribution >= 4 is 17.6 Å². The van der Waals surface area contributed by atoms with Crippen molar-refractivity contribution < 1.29 is 37.3 Å². The van der Waals surface area contributed by atoms with Gasteiger partial charge in [0.25, 0.3) is 5.91 Å². The third-order valence-corrected chi connectivity index (χ3v) is 7.37. The van der Waals surface area contributed by atoms with E-state index in [0.29, 0.717) is 47.2 Å². The Balaban J connectivity index is 1.28. The molecular weight excluding hydrogens is 553 g/mol. The number of fused-ring (bicyclic) bond motifs is 2. The average Bonchev–Trinajstić information content (AvgIpc) is 3.61. The molecule has 216 valence electrons. The SMILES string of the molecule is CN(C(=O)c1cccc(-n2nc(C(F)(F)F)c3c2CCN(Cc2cccc(C(=O)O)c2)C3)c1)c1ccc2c(c1)OCO2. The third kappa shape index (κ3) is 5.16. The Kier molecular flexibility index (Phi) is 6.85. The van der Waals surface area contributed by atoms with Crippen molar-refractivity contribution in [1.82, 2.24) is 14.7 Å². The highest BCUT2D eigenvalue weighted by molar-refractivity contribution is 6.06. The first-order chi connectivity index (χ1) is 20.1. The maximum Gasteiger partial charge on any atom is 0.435 e. The first-order valence-electron chi connectivity index (χ1n) is 13.1. The van der Waals surface area contributed by atoms with Crippen LogP contribution in [0.2, 0.25) is 0 Å². The van der Waals surface area contributed by atoms with Gasteiger partial charge in [-0.2, -0.15) is 18.3 Å². The number of alkyl halides is 3. The number of carboxylic acids is 1. The number of halogens is 3. The highest BCUT2D eigenvalue weighted by Crippen LogP contribution is 2.37. The van der Waals surface area contributed by atoms with Crippen molar-refractivity contribution in [3.63, 3.8) is 0 Å². The molecule has 42 heavy (non-hydrogen) atoms. The number of carbonyl (C=O) groups excluding carboxylic acids is 1. The van der Waals surface area contributed by atoms with Crippen molar-refractivity contribution in [1.29, 1.82) is 0 Å². The van der Waals surface area contributed by atoms with Crippen molar-refractivity contribution in [2.75, 3.05) is 25.3 Å². The highest BCUT2D eigenvalue weighted by Gasteiger charge is 2.41. The quantitative estimate of drug-likeness (QED) is 0.338. The zero-order valence-corrected chi connectivity index (χ0v) is 22.4. The van der Waals surface area contributed by atoms with Gasteiger partial charge in [-0.25, -0.2) is 9.48 Å². The molecule has 0 bridgehead atoms. The van der Waals surface area contributed by atoms with Gasteiger partial charge < -0.3 is 19.5 Å². The monoisotopic (exact) mass is 578 g/mol. The molecule has 4 aromatic rings. The van der Waals surface area contributed by atoms with Gasteiger partial charge in [-0.05, 0) is 48.0 Å². The fraction of sp³-hybridized carbons (Fsp3) is 0.233. The first kappa shape index (κ1) is 27.3. The second kappa shape index (κ2) is 10.5. The number of carboxylic acid groups (broad SMARTS) is 1. The van der Waals surface area contributed by atoms with Crippen molar-refractivity contribution in [2.24, 2.45) is 0 Å². The summed E-state index contributed by atoms with van der Waals surface area (Å²) in [6.45, 7) is 0.827. The number of rotatable bonds is 6. The van der Waals surface area contributed by atoms with Crippen LogP contribution in [0.25, 0.3) is 5.69 Å². The fourth-order valence-electron chi connectivity index (χ4n) is 5.29. The van der Waals surface area contributed by atoms with Crippen molar-refractivity contribution in [3.8, 4) is 17.2 Å². The molecule has 1 amide bonds. The van der Waals surface area contributed by atoms with E-state index in [4.69, 9.17) is 9.47 Å². The second-order valence-electron chi connectivity index (χ2n) is 10.1. The van der Waals surface area contributed by atoms with Gasteiger partial charge >= 0.3 is 12.1 Å². The Bertz CT molecular complexity index is 1700. The van der Waals surface area contributed by atoms with Crippen LogP contribution in [0, 0.1) is 0 Å². The number of anilines is 1. The number of hydrogen-bond acceptors (Lipinski definition) is 6.